The molecule has 1 aliphatic rings. The van der Waals surface area contributed by atoms with E-state index in [1.807, 2.05) is 41.5 Å². The highest BCUT2D eigenvalue weighted by Gasteiger charge is 2.52. The fourth-order valence-corrected chi connectivity index (χ4v) is 4.52. The van der Waals surface area contributed by atoms with Crippen LogP contribution in [-0.4, -0.2) is 27.3 Å². The summed E-state index contributed by atoms with van der Waals surface area (Å²) in [4.78, 5) is 45.0. The number of Topliss-reactive ketones (excluding diaryl/α,β-unsaturated/α-hetero) is 3. The first-order chi connectivity index (χ1) is 12.2. The number of nitrogens with one attached hydrogen (secondary N) is 2. The Morgan fingerprint density at radius 1 is 0.692 bits per heavy atom. The molecule has 1 saturated carbocycles. The minimum atomic E-state index is -1.01. The van der Waals surface area contributed by atoms with Crippen LogP contribution in [-0.2, 0) is 27.2 Å². The Hall–Kier alpha value is -2.43. The third-order valence-electron chi connectivity index (χ3n) is 5.88. The van der Waals surface area contributed by atoms with Gasteiger partial charge in [-0.05, 0) is 62.8 Å². The van der Waals surface area contributed by atoms with Crippen molar-refractivity contribution in [1.29, 1.82) is 0 Å². The first-order valence-electron chi connectivity index (χ1n) is 9.22. The van der Waals surface area contributed by atoms with Crippen LogP contribution in [0.5, 0.6) is 0 Å². The van der Waals surface area contributed by atoms with Crippen LogP contribution in [0.3, 0.4) is 0 Å². The van der Waals surface area contributed by atoms with E-state index in [4.69, 9.17) is 0 Å². The van der Waals surface area contributed by atoms with Crippen LogP contribution in [0.15, 0.2) is 0 Å². The molecule has 0 spiro atoms. The van der Waals surface area contributed by atoms with Gasteiger partial charge in [0.05, 0.1) is 0 Å². The van der Waals surface area contributed by atoms with Crippen molar-refractivity contribution in [3.05, 3.63) is 45.0 Å². The normalized spacial score (nSPS) is 20.5. The van der Waals surface area contributed by atoms with Gasteiger partial charge in [-0.2, -0.15) is 0 Å². The maximum atomic E-state index is 13.2. The predicted octanol–water partition coefficient (Wildman–Crippen LogP) is 3.29. The standard InChI is InChI=1S/C21H26N2O3/c1-7-13-9(3)17(22-11(13)5)15-19(24)16(21(26)20(15)25)18-10(4)14(8-2)12(6)23-18/h15-16,22-23H,7-8H2,1-6H3. The summed E-state index contributed by atoms with van der Waals surface area (Å²) in [7, 11) is 0. The monoisotopic (exact) mass is 354 g/mol. The highest BCUT2D eigenvalue weighted by Crippen LogP contribution is 2.39. The zero-order valence-corrected chi connectivity index (χ0v) is 16.3. The van der Waals surface area contributed by atoms with Crippen molar-refractivity contribution in [1.82, 2.24) is 9.97 Å². The number of H-pyrrole nitrogens is 2. The molecule has 2 aromatic rings. The van der Waals surface area contributed by atoms with Gasteiger partial charge in [0.15, 0.2) is 5.78 Å². The Bertz CT molecular complexity index is 855. The highest BCUT2D eigenvalue weighted by atomic mass is 16.2. The molecular weight excluding hydrogens is 328 g/mol. The summed E-state index contributed by atoms with van der Waals surface area (Å²) in [6, 6.07) is 0. The number of hydrogen-bond acceptors (Lipinski definition) is 3. The van der Waals surface area contributed by atoms with Crippen LogP contribution in [0, 0.1) is 27.7 Å². The van der Waals surface area contributed by atoms with Gasteiger partial charge in [0.25, 0.3) is 0 Å². The molecule has 0 amide bonds. The Morgan fingerprint density at radius 2 is 1.04 bits per heavy atom. The fraction of sp³-hybridized carbons (Fsp3) is 0.476. The quantitative estimate of drug-likeness (QED) is 0.653. The van der Waals surface area contributed by atoms with Gasteiger partial charge in [0.1, 0.15) is 11.8 Å². The molecule has 0 aromatic carbocycles. The summed E-state index contributed by atoms with van der Waals surface area (Å²) in [5.74, 6) is -3.55. The molecule has 0 radical (unpaired) electrons. The summed E-state index contributed by atoms with van der Waals surface area (Å²) in [6.45, 7) is 11.8. The second kappa shape index (κ2) is 6.38. The number of aromatic amines is 2. The average molecular weight is 354 g/mol. The molecule has 2 heterocycles. The Morgan fingerprint density at radius 3 is 1.31 bits per heavy atom. The molecule has 1 fully saturated rings. The van der Waals surface area contributed by atoms with Crippen molar-refractivity contribution in [3.63, 3.8) is 0 Å². The molecular formula is C21H26N2O3. The van der Waals surface area contributed by atoms with Crippen molar-refractivity contribution in [2.24, 2.45) is 0 Å². The van der Waals surface area contributed by atoms with Crippen molar-refractivity contribution in [2.45, 2.75) is 66.2 Å². The number of aryl methyl sites for hydroxylation is 2. The summed E-state index contributed by atoms with van der Waals surface area (Å²) >= 11 is 0. The van der Waals surface area contributed by atoms with E-state index in [2.05, 4.69) is 9.97 Å². The van der Waals surface area contributed by atoms with Crippen LogP contribution in [0.25, 0.3) is 0 Å². The molecule has 2 unspecified atom stereocenters. The van der Waals surface area contributed by atoms with Crippen molar-refractivity contribution in [2.75, 3.05) is 0 Å². The smallest absolute Gasteiger partial charge is 0.215 e. The molecule has 2 atom stereocenters. The lowest BCUT2D eigenvalue weighted by Gasteiger charge is -2.09. The lowest BCUT2D eigenvalue weighted by atomic mass is 9.92. The van der Waals surface area contributed by atoms with Crippen molar-refractivity contribution >= 4 is 17.3 Å². The minimum absolute atomic E-state index is 0.320. The molecule has 5 nitrogen and oxygen atoms in total. The number of aromatic nitrogens is 2. The molecule has 2 N–H and O–H groups in total. The minimum Gasteiger partial charge on any atom is -0.361 e. The highest BCUT2D eigenvalue weighted by molar-refractivity contribution is 6.54. The van der Waals surface area contributed by atoms with Crippen molar-refractivity contribution in [3.8, 4) is 0 Å². The molecule has 1 aliphatic carbocycles. The van der Waals surface area contributed by atoms with Gasteiger partial charge in [-0.25, -0.2) is 0 Å². The van der Waals surface area contributed by atoms with Gasteiger partial charge in [-0.3, -0.25) is 14.4 Å². The van der Waals surface area contributed by atoms with Gasteiger partial charge in [0.2, 0.25) is 11.6 Å². The zero-order valence-electron chi connectivity index (χ0n) is 16.3. The van der Waals surface area contributed by atoms with Gasteiger partial charge in [0, 0.05) is 22.8 Å². The van der Waals surface area contributed by atoms with Crippen LogP contribution < -0.4 is 0 Å². The Labute approximate surface area is 153 Å². The molecule has 26 heavy (non-hydrogen) atoms. The topological polar surface area (TPSA) is 82.8 Å². The number of rotatable bonds is 4. The van der Waals surface area contributed by atoms with Gasteiger partial charge >= 0.3 is 0 Å². The second-order valence-corrected chi connectivity index (χ2v) is 7.24. The zero-order chi connectivity index (χ0) is 19.3. The third-order valence-corrected chi connectivity index (χ3v) is 5.88. The maximum absolute atomic E-state index is 13.2. The number of carbonyl (C=O) groups excluding carboxylic acids is 3. The van der Waals surface area contributed by atoms with E-state index in [1.54, 1.807) is 0 Å². The van der Waals surface area contributed by atoms with E-state index < -0.39 is 23.4 Å². The molecule has 0 aliphatic heterocycles. The first kappa shape index (κ1) is 18.4. The van der Waals surface area contributed by atoms with Crippen LogP contribution in [0.2, 0.25) is 0 Å². The van der Waals surface area contributed by atoms with Gasteiger partial charge in [-0.1, -0.05) is 13.8 Å². The Kier molecular flexibility index (Phi) is 4.51. The summed E-state index contributed by atoms with van der Waals surface area (Å²) < 4.78 is 0. The summed E-state index contributed by atoms with van der Waals surface area (Å²) in [5.41, 5.74) is 7.13. The van der Waals surface area contributed by atoms with E-state index in [-0.39, 0.29) is 5.78 Å². The number of hydrogen-bond donors (Lipinski definition) is 2. The van der Waals surface area contributed by atoms with E-state index in [1.165, 1.54) is 0 Å². The molecule has 0 bridgehead atoms. The summed E-state index contributed by atoms with van der Waals surface area (Å²) in [6.07, 6.45) is 1.63. The van der Waals surface area contributed by atoms with Gasteiger partial charge < -0.3 is 9.97 Å². The molecule has 2 aromatic heterocycles. The maximum Gasteiger partial charge on any atom is 0.215 e. The second-order valence-electron chi connectivity index (χ2n) is 7.24. The first-order valence-corrected chi connectivity index (χ1v) is 9.22. The van der Waals surface area contributed by atoms with E-state index >= 15 is 0 Å². The van der Waals surface area contributed by atoms with Crippen LogP contribution in [0.4, 0.5) is 0 Å². The predicted molar refractivity (Wildman–Crippen MR) is 99.8 cm³/mol. The van der Waals surface area contributed by atoms with E-state index in [9.17, 15) is 14.4 Å². The van der Waals surface area contributed by atoms with E-state index in [0.717, 1.165) is 46.5 Å². The largest absolute Gasteiger partial charge is 0.361 e. The summed E-state index contributed by atoms with van der Waals surface area (Å²) in [5, 5.41) is 0. The van der Waals surface area contributed by atoms with Crippen LogP contribution >= 0.6 is 0 Å². The fourth-order valence-electron chi connectivity index (χ4n) is 4.52. The molecule has 3 rings (SSSR count). The Balaban J connectivity index is 2.10. The average Bonchev–Trinajstić information content (AvgIpc) is 3.11. The third kappa shape index (κ3) is 2.41. The van der Waals surface area contributed by atoms with Crippen LogP contribution in [0.1, 0.15) is 70.7 Å². The van der Waals surface area contributed by atoms with E-state index in [0.29, 0.717) is 11.4 Å². The molecule has 138 valence electrons. The lowest BCUT2D eigenvalue weighted by molar-refractivity contribution is -0.135. The molecule has 0 saturated heterocycles. The molecule has 5 heteroatoms. The SMILES string of the molecule is CCc1c(C)[nH]c(C2C(=O)C(=O)C(c3[nH]c(C)c(CC)c3C)C2=O)c1C. The number of carbonyl (C=O) groups is 3. The van der Waals surface area contributed by atoms with Gasteiger partial charge in [-0.15, -0.1) is 0 Å². The lowest BCUT2D eigenvalue weighted by Crippen LogP contribution is -2.16. The number of ketones is 3. The van der Waals surface area contributed by atoms with Crippen molar-refractivity contribution < 1.29 is 14.4 Å².